The minimum atomic E-state index is -0.101. The quantitative estimate of drug-likeness (QED) is 0.911. The number of amides is 2. The summed E-state index contributed by atoms with van der Waals surface area (Å²) < 4.78 is 0. The molecule has 2 aromatic heterocycles. The molecule has 130 valence electrons. The topological polar surface area (TPSA) is 78.4 Å². The van der Waals surface area contributed by atoms with Crippen LogP contribution in [0, 0.1) is 0 Å². The lowest BCUT2D eigenvalue weighted by molar-refractivity contribution is -0.130. The summed E-state index contributed by atoms with van der Waals surface area (Å²) in [6.45, 7) is 4.42. The number of aromatic nitrogens is 2. The van der Waals surface area contributed by atoms with Crippen molar-refractivity contribution in [3.63, 3.8) is 0 Å². The fourth-order valence-electron chi connectivity index (χ4n) is 2.75. The fraction of sp³-hybridized carbons (Fsp3) is 0.333. The number of hydrogen-bond acceptors (Lipinski definition) is 5. The molecule has 0 spiro atoms. The van der Waals surface area contributed by atoms with Gasteiger partial charge in [-0.2, -0.15) is 0 Å². The van der Waals surface area contributed by atoms with Gasteiger partial charge in [0.15, 0.2) is 0 Å². The predicted molar refractivity (Wildman–Crippen MR) is 94.0 cm³/mol. The molecule has 0 radical (unpaired) electrons. The Bertz CT molecular complexity index is 742. The average Bonchev–Trinajstić information content (AvgIpc) is 2.67. The van der Waals surface area contributed by atoms with Crippen LogP contribution in [-0.4, -0.2) is 57.8 Å². The first-order valence-electron chi connectivity index (χ1n) is 8.27. The SMILES string of the molecule is CC(=O)N1CCN(C(=O)c2cc(NCc3ccncc3)ccn2)CC1. The van der Waals surface area contributed by atoms with Crippen molar-refractivity contribution >= 4 is 17.5 Å². The smallest absolute Gasteiger partial charge is 0.272 e. The molecule has 7 heteroatoms. The van der Waals surface area contributed by atoms with Crippen LogP contribution in [0.2, 0.25) is 0 Å². The first-order valence-corrected chi connectivity index (χ1v) is 8.27. The first-order chi connectivity index (χ1) is 12.1. The highest BCUT2D eigenvalue weighted by Gasteiger charge is 2.24. The second-order valence-electron chi connectivity index (χ2n) is 5.94. The van der Waals surface area contributed by atoms with Crippen LogP contribution in [-0.2, 0) is 11.3 Å². The van der Waals surface area contributed by atoms with E-state index in [-0.39, 0.29) is 11.8 Å². The summed E-state index contributed by atoms with van der Waals surface area (Å²) in [7, 11) is 0. The molecule has 3 rings (SSSR count). The lowest BCUT2D eigenvalue weighted by Gasteiger charge is -2.34. The Morgan fingerprint density at radius 2 is 1.72 bits per heavy atom. The van der Waals surface area contributed by atoms with Crippen LogP contribution in [0.4, 0.5) is 5.69 Å². The molecule has 7 nitrogen and oxygen atoms in total. The standard InChI is InChI=1S/C18H21N5O2/c1-14(24)22-8-10-23(11-9-22)18(25)17-12-16(4-7-20-17)21-13-15-2-5-19-6-3-15/h2-7,12H,8-11,13H2,1H3,(H,20,21). The highest BCUT2D eigenvalue weighted by molar-refractivity contribution is 5.93. The molecule has 1 aliphatic heterocycles. The molecule has 0 saturated carbocycles. The van der Waals surface area contributed by atoms with E-state index in [4.69, 9.17) is 0 Å². The van der Waals surface area contributed by atoms with Crippen LogP contribution in [0.25, 0.3) is 0 Å². The highest BCUT2D eigenvalue weighted by Crippen LogP contribution is 2.13. The largest absolute Gasteiger partial charge is 0.381 e. The predicted octanol–water partition coefficient (Wildman–Crippen LogP) is 1.39. The third-order valence-electron chi connectivity index (χ3n) is 4.24. The maximum Gasteiger partial charge on any atom is 0.272 e. The molecule has 1 fully saturated rings. The van der Waals surface area contributed by atoms with Crippen LogP contribution in [0.3, 0.4) is 0 Å². The maximum absolute atomic E-state index is 12.6. The van der Waals surface area contributed by atoms with Gasteiger partial charge >= 0.3 is 0 Å². The van der Waals surface area contributed by atoms with E-state index in [2.05, 4.69) is 15.3 Å². The van der Waals surface area contributed by atoms with Crippen molar-refractivity contribution in [2.75, 3.05) is 31.5 Å². The summed E-state index contributed by atoms with van der Waals surface area (Å²) in [5.74, 6) is -0.0525. The Labute approximate surface area is 146 Å². The third kappa shape index (κ3) is 4.32. The van der Waals surface area contributed by atoms with Gasteiger partial charge in [-0.15, -0.1) is 0 Å². The van der Waals surface area contributed by atoms with Gasteiger partial charge < -0.3 is 15.1 Å². The van der Waals surface area contributed by atoms with Crippen molar-refractivity contribution in [1.82, 2.24) is 19.8 Å². The molecule has 1 N–H and O–H groups in total. The molecular formula is C18H21N5O2. The molecule has 0 unspecified atom stereocenters. The number of carbonyl (C=O) groups is 2. The fourth-order valence-corrected chi connectivity index (χ4v) is 2.75. The molecule has 25 heavy (non-hydrogen) atoms. The van der Waals surface area contributed by atoms with Gasteiger partial charge in [0.2, 0.25) is 5.91 Å². The molecule has 0 atom stereocenters. The van der Waals surface area contributed by atoms with E-state index in [0.29, 0.717) is 38.4 Å². The lowest BCUT2D eigenvalue weighted by Crippen LogP contribution is -2.50. The molecule has 1 aliphatic rings. The van der Waals surface area contributed by atoms with E-state index in [1.54, 1.807) is 41.4 Å². The number of rotatable bonds is 4. The molecule has 2 aromatic rings. The van der Waals surface area contributed by atoms with Crippen molar-refractivity contribution in [1.29, 1.82) is 0 Å². The average molecular weight is 339 g/mol. The minimum Gasteiger partial charge on any atom is -0.381 e. The van der Waals surface area contributed by atoms with Crippen LogP contribution in [0.15, 0.2) is 42.9 Å². The van der Waals surface area contributed by atoms with E-state index in [0.717, 1.165) is 11.3 Å². The van der Waals surface area contributed by atoms with Gasteiger partial charge in [0, 0.05) is 63.9 Å². The van der Waals surface area contributed by atoms with E-state index >= 15 is 0 Å². The van der Waals surface area contributed by atoms with E-state index < -0.39 is 0 Å². The van der Waals surface area contributed by atoms with E-state index in [1.807, 2.05) is 18.2 Å². The normalized spacial score (nSPS) is 14.3. The zero-order chi connectivity index (χ0) is 17.6. The van der Waals surface area contributed by atoms with Gasteiger partial charge in [-0.25, -0.2) is 0 Å². The summed E-state index contributed by atoms with van der Waals surface area (Å²) in [5, 5.41) is 3.29. The number of piperazine rings is 1. The molecule has 3 heterocycles. The summed E-state index contributed by atoms with van der Waals surface area (Å²) in [5.41, 5.74) is 2.37. The van der Waals surface area contributed by atoms with Crippen molar-refractivity contribution in [2.45, 2.75) is 13.5 Å². The van der Waals surface area contributed by atoms with Gasteiger partial charge in [0.25, 0.3) is 5.91 Å². The number of hydrogen-bond donors (Lipinski definition) is 1. The number of nitrogens with zero attached hydrogens (tertiary/aromatic N) is 4. The maximum atomic E-state index is 12.6. The third-order valence-corrected chi connectivity index (χ3v) is 4.24. The first kappa shape index (κ1) is 16.9. The second-order valence-corrected chi connectivity index (χ2v) is 5.94. The molecule has 2 amide bonds. The van der Waals surface area contributed by atoms with Crippen molar-refractivity contribution in [2.24, 2.45) is 0 Å². The van der Waals surface area contributed by atoms with E-state index in [9.17, 15) is 9.59 Å². The van der Waals surface area contributed by atoms with Crippen LogP contribution in [0.5, 0.6) is 0 Å². The number of nitrogens with one attached hydrogen (secondary N) is 1. The van der Waals surface area contributed by atoms with Crippen LogP contribution in [0.1, 0.15) is 23.0 Å². The molecule has 0 aromatic carbocycles. The Balaban J connectivity index is 1.61. The summed E-state index contributed by atoms with van der Waals surface area (Å²) in [4.78, 5) is 35.7. The molecule has 0 bridgehead atoms. The Morgan fingerprint density at radius 3 is 2.40 bits per heavy atom. The Morgan fingerprint density at radius 1 is 1.04 bits per heavy atom. The zero-order valence-electron chi connectivity index (χ0n) is 14.2. The number of carbonyl (C=O) groups excluding carboxylic acids is 2. The van der Waals surface area contributed by atoms with Gasteiger partial charge in [0.05, 0.1) is 0 Å². The Hall–Kier alpha value is -2.96. The summed E-state index contributed by atoms with van der Waals surface area (Å²) in [6, 6.07) is 7.48. The molecule has 1 saturated heterocycles. The van der Waals surface area contributed by atoms with Crippen LogP contribution < -0.4 is 5.32 Å². The van der Waals surface area contributed by atoms with Crippen LogP contribution >= 0.6 is 0 Å². The van der Waals surface area contributed by atoms with Gasteiger partial charge in [-0.1, -0.05) is 0 Å². The van der Waals surface area contributed by atoms with Gasteiger partial charge in [-0.05, 0) is 29.8 Å². The van der Waals surface area contributed by atoms with Gasteiger partial charge in [0.1, 0.15) is 5.69 Å². The number of pyridine rings is 2. The Kier molecular flexibility index (Phi) is 5.23. The van der Waals surface area contributed by atoms with Crippen molar-refractivity contribution in [3.8, 4) is 0 Å². The summed E-state index contributed by atoms with van der Waals surface area (Å²) in [6.07, 6.45) is 5.13. The monoisotopic (exact) mass is 339 g/mol. The van der Waals surface area contributed by atoms with Crippen molar-refractivity contribution < 1.29 is 9.59 Å². The minimum absolute atomic E-state index is 0.0486. The van der Waals surface area contributed by atoms with Crippen molar-refractivity contribution in [3.05, 3.63) is 54.1 Å². The summed E-state index contributed by atoms with van der Waals surface area (Å²) >= 11 is 0. The molecule has 0 aliphatic carbocycles. The highest BCUT2D eigenvalue weighted by atomic mass is 16.2. The lowest BCUT2D eigenvalue weighted by atomic mass is 10.2. The number of anilines is 1. The van der Waals surface area contributed by atoms with Gasteiger partial charge in [-0.3, -0.25) is 19.6 Å². The second kappa shape index (κ2) is 7.74. The zero-order valence-corrected chi connectivity index (χ0v) is 14.2. The van der Waals surface area contributed by atoms with E-state index in [1.165, 1.54) is 0 Å². The molecular weight excluding hydrogens is 318 g/mol.